The Labute approximate surface area is 122 Å². The number of benzene rings is 1. The molecular weight excluding hydrogens is 339 g/mol. The highest BCUT2D eigenvalue weighted by molar-refractivity contribution is 14.1. The van der Waals surface area contributed by atoms with E-state index in [1.165, 1.54) is 5.56 Å². The Morgan fingerprint density at radius 1 is 1.39 bits per heavy atom. The third-order valence-electron chi connectivity index (χ3n) is 3.60. The number of nitrogens with zero attached hydrogens (tertiary/aromatic N) is 1. The minimum absolute atomic E-state index is 0.139. The first-order chi connectivity index (χ1) is 8.59. The molecule has 0 bridgehead atoms. The molecule has 1 fully saturated rings. The van der Waals surface area contributed by atoms with Crippen molar-refractivity contribution < 1.29 is 4.79 Å². The van der Waals surface area contributed by atoms with Crippen LogP contribution in [-0.4, -0.2) is 37.0 Å². The number of rotatable bonds is 2. The summed E-state index contributed by atoms with van der Waals surface area (Å²) in [7, 11) is 1.92. The van der Waals surface area contributed by atoms with E-state index in [4.69, 9.17) is 0 Å². The molecule has 1 aliphatic rings. The second-order valence-electron chi connectivity index (χ2n) is 4.86. The van der Waals surface area contributed by atoms with Gasteiger partial charge < -0.3 is 10.2 Å². The number of carbonyl (C=O) groups is 1. The maximum atomic E-state index is 12.4. The molecule has 2 rings (SSSR count). The molecule has 18 heavy (non-hydrogen) atoms. The lowest BCUT2D eigenvalue weighted by atomic mass is 10.0. The van der Waals surface area contributed by atoms with Gasteiger partial charge in [-0.05, 0) is 73.1 Å². The van der Waals surface area contributed by atoms with E-state index in [9.17, 15) is 4.79 Å². The number of hydrogen-bond acceptors (Lipinski definition) is 2. The first kappa shape index (κ1) is 13.8. The molecule has 0 spiro atoms. The van der Waals surface area contributed by atoms with Crippen molar-refractivity contribution in [2.45, 2.75) is 25.8 Å². The molecule has 4 heteroatoms. The summed E-state index contributed by atoms with van der Waals surface area (Å²) in [6.07, 6.45) is 2.09. The van der Waals surface area contributed by atoms with Gasteiger partial charge in [0.15, 0.2) is 0 Å². The van der Waals surface area contributed by atoms with E-state index in [0.29, 0.717) is 6.04 Å². The molecule has 0 radical (unpaired) electrons. The van der Waals surface area contributed by atoms with E-state index in [1.807, 2.05) is 30.1 Å². The van der Waals surface area contributed by atoms with Gasteiger partial charge in [-0.3, -0.25) is 4.79 Å². The Morgan fingerprint density at radius 2 is 2.06 bits per heavy atom. The van der Waals surface area contributed by atoms with Gasteiger partial charge in [-0.1, -0.05) is 6.07 Å². The fourth-order valence-corrected chi connectivity index (χ4v) is 2.80. The van der Waals surface area contributed by atoms with E-state index < -0.39 is 0 Å². The number of piperidine rings is 1. The van der Waals surface area contributed by atoms with Crippen LogP contribution in [0.4, 0.5) is 0 Å². The van der Waals surface area contributed by atoms with Gasteiger partial charge in [0.25, 0.3) is 5.91 Å². The fraction of sp³-hybridized carbons (Fsp3) is 0.500. The van der Waals surface area contributed by atoms with Crippen molar-refractivity contribution in [2.75, 3.05) is 20.1 Å². The van der Waals surface area contributed by atoms with Crippen LogP contribution in [0.5, 0.6) is 0 Å². The number of carbonyl (C=O) groups excluding carboxylic acids is 1. The smallest absolute Gasteiger partial charge is 0.253 e. The molecule has 98 valence electrons. The highest BCUT2D eigenvalue weighted by Gasteiger charge is 2.22. The van der Waals surface area contributed by atoms with Gasteiger partial charge in [0.05, 0.1) is 0 Å². The lowest BCUT2D eigenvalue weighted by molar-refractivity contribution is 0.0703. The van der Waals surface area contributed by atoms with Gasteiger partial charge in [-0.15, -0.1) is 0 Å². The van der Waals surface area contributed by atoms with Gasteiger partial charge in [0, 0.05) is 22.2 Å². The van der Waals surface area contributed by atoms with Crippen LogP contribution in [-0.2, 0) is 0 Å². The molecule has 0 atom stereocenters. The van der Waals surface area contributed by atoms with Gasteiger partial charge in [0.1, 0.15) is 0 Å². The summed E-state index contributed by atoms with van der Waals surface area (Å²) in [5.74, 6) is 0.139. The molecule has 1 N–H and O–H groups in total. The summed E-state index contributed by atoms with van der Waals surface area (Å²) in [6.45, 7) is 4.08. The van der Waals surface area contributed by atoms with Crippen LogP contribution in [0.1, 0.15) is 28.8 Å². The van der Waals surface area contributed by atoms with E-state index >= 15 is 0 Å². The number of halogens is 1. The molecule has 3 nitrogen and oxygen atoms in total. The molecule has 1 aliphatic heterocycles. The fourth-order valence-electron chi connectivity index (χ4n) is 2.29. The Balaban J connectivity index is 2.11. The van der Waals surface area contributed by atoms with Crippen LogP contribution in [0, 0.1) is 10.5 Å². The third kappa shape index (κ3) is 3.03. The van der Waals surface area contributed by atoms with Gasteiger partial charge in [0.2, 0.25) is 0 Å². The Bertz CT molecular complexity index is 441. The second kappa shape index (κ2) is 6.02. The van der Waals surface area contributed by atoms with Crippen molar-refractivity contribution in [2.24, 2.45) is 0 Å². The number of amides is 1. The molecule has 1 heterocycles. The predicted octanol–water partition coefficient (Wildman–Crippen LogP) is 2.42. The van der Waals surface area contributed by atoms with E-state index in [0.717, 1.165) is 35.1 Å². The lowest BCUT2D eigenvalue weighted by Crippen LogP contribution is -2.43. The zero-order chi connectivity index (χ0) is 13.1. The quantitative estimate of drug-likeness (QED) is 0.824. The monoisotopic (exact) mass is 358 g/mol. The highest BCUT2D eigenvalue weighted by Crippen LogP contribution is 2.17. The zero-order valence-electron chi connectivity index (χ0n) is 10.9. The number of nitrogens with one attached hydrogen (secondary N) is 1. The van der Waals surface area contributed by atoms with Crippen molar-refractivity contribution >= 4 is 28.5 Å². The zero-order valence-corrected chi connectivity index (χ0v) is 13.0. The Hall–Kier alpha value is -0.620. The maximum absolute atomic E-state index is 12.4. The average molecular weight is 358 g/mol. The first-order valence-corrected chi connectivity index (χ1v) is 7.41. The molecule has 1 amide bonds. The normalized spacial score (nSPS) is 16.6. The summed E-state index contributed by atoms with van der Waals surface area (Å²) >= 11 is 2.28. The van der Waals surface area contributed by atoms with Crippen LogP contribution < -0.4 is 5.32 Å². The van der Waals surface area contributed by atoms with E-state index in [-0.39, 0.29) is 5.91 Å². The molecule has 1 aromatic carbocycles. The van der Waals surface area contributed by atoms with Crippen LogP contribution in [0.2, 0.25) is 0 Å². The van der Waals surface area contributed by atoms with Crippen molar-refractivity contribution in [1.82, 2.24) is 10.2 Å². The molecule has 0 aromatic heterocycles. The number of aryl methyl sites for hydroxylation is 1. The molecule has 1 aromatic rings. The Morgan fingerprint density at radius 3 is 2.67 bits per heavy atom. The lowest BCUT2D eigenvalue weighted by Gasteiger charge is -2.31. The summed E-state index contributed by atoms with van der Waals surface area (Å²) in [4.78, 5) is 14.3. The van der Waals surface area contributed by atoms with Crippen LogP contribution in [0.3, 0.4) is 0 Å². The summed E-state index contributed by atoms with van der Waals surface area (Å²) in [6, 6.07) is 6.30. The van der Waals surface area contributed by atoms with Crippen molar-refractivity contribution in [3.63, 3.8) is 0 Å². The molecule has 0 unspecified atom stereocenters. The minimum atomic E-state index is 0.139. The largest absolute Gasteiger partial charge is 0.339 e. The molecular formula is C14H19IN2O. The van der Waals surface area contributed by atoms with Gasteiger partial charge in [-0.25, -0.2) is 0 Å². The molecule has 0 saturated carbocycles. The van der Waals surface area contributed by atoms with Crippen molar-refractivity contribution in [3.05, 3.63) is 32.9 Å². The van der Waals surface area contributed by atoms with Crippen molar-refractivity contribution in [1.29, 1.82) is 0 Å². The SMILES string of the molecule is Cc1ccc(C(=O)N(C)C2CCNCC2)cc1I. The second-order valence-corrected chi connectivity index (χ2v) is 6.02. The average Bonchev–Trinajstić information content (AvgIpc) is 2.41. The summed E-state index contributed by atoms with van der Waals surface area (Å²) in [5.41, 5.74) is 2.02. The topological polar surface area (TPSA) is 32.3 Å². The van der Waals surface area contributed by atoms with Crippen LogP contribution in [0.15, 0.2) is 18.2 Å². The van der Waals surface area contributed by atoms with Gasteiger partial charge in [-0.2, -0.15) is 0 Å². The minimum Gasteiger partial charge on any atom is -0.339 e. The summed E-state index contributed by atoms with van der Waals surface area (Å²) < 4.78 is 1.15. The summed E-state index contributed by atoms with van der Waals surface area (Å²) in [5, 5.41) is 3.33. The first-order valence-electron chi connectivity index (χ1n) is 6.33. The van der Waals surface area contributed by atoms with E-state index in [1.54, 1.807) is 0 Å². The molecule has 0 aliphatic carbocycles. The standard InChI is InChI=1S/C14H19IN2O/c1-10-3-4-11(9-13(10)15)14(18)17(2)12-5-7-16-8-6-12/h3-4,9,12,16H,5-8H2,1-2H3. The van der Waals surface area contributed by atoms with Gasteiger partial charge >= 0.3 is 0 Å². The molecule has 1 saturated heterocycles. The van der Waals surface area contributed by atoms with E-state index in [2.05, 4.69) is 34.8 Å². The maximum Gasteiger partial charge on any atom is 0.253 e. The van der Waals surface area contributed by atoms with Crippen LogP contribution >= 0.6 is 22.6 Å². The van der Waals surface area contributed by atoms with Crippen LogP contribution in [0.25, 0.3) is 0 Å². The third-order valence-corrected chi connectivity index (χ3v) is 4.76. The van der Waals surface area contributed by atoms with Crippen molar-refractivity contribution in [3.8, 4) is 0 Å². The number of hydrogen-bond donors (Lipinski definition) is 1. The predicted molar refractivity (Wildman–Crippen MR) is 81.9 cm³/mol. The Kier molecular flexibility index (Phi) is 4.61. The highest BCUT2D eigenvalue weighted by atomic mass is 127.